The van der Waals surface area contributed by atoms with Gasteiger partial charge in [-0.25, -0.2) is 0 Å². The Morgan fingerprint density at radius 1 is 1.46 bits per heavy atom. The van der Waals surface area contributed by atoms with Crippen LogP contribution in [0.3, 0.4) is 0 Å². The first-order chi connectivity index (χ1) is 6.24. The van der Waals surface area contributed by atoms with Gasteiger partial charge in [0.05, 0.1) is 12.5 Å². The Hall–Kier alpha value is -1.35. The van der Waals surface area contributed by atoms with Crippen LogP contribution in [0.4, 0.5) is 0 Å². The summed E-state index contributed by atoms with van der Waals surface area (Å²) in [5.41, 5.74) is 0. The molecule has 1 N–H and O–H groups in total. The summed E-state index contributed by atoms with van der Waals surface area (Å²) >= 11 is 0. The lowest BCUT2D eigenvalue weighted by molar-refractivity contribution is -0.139. The summed E-state index contributed by atoms with van der Waals surface area (Å²) in [7, 11) is 0. The standard InChI is InChI=1S/C10H12O3/c1-8(7-11)10(12)13-9-5-3-2-4-6-9/h2-6,8,11H,7H2,1H3. The van der Waals surface area contributed by atoms with E-state index >= 15 is 0 Å². The molecular weight excluding hydrogens is 168 g/mol. The number of rotatable bonds is 3. The average molecular weight is 180 g/mol. The minimum atomic E-state index is -0.472. The fourth-order valence-corrected chi connectivity index (χ4v) is 0.780. The zero-order valence-electron chi connectivity index (χ0n) is 7.43. The van der Waals surface area contributed by atoms with E-state index in [9.17, 15) is 4.79 Å². The van der Waals surface area contributed by atoms with Crippen molar-refractivity contribution in [1.82, 2.24) is 0 Å². The summed E-state index contributed by atoms with van der Waals surface area (Å²) < 4.78 is 4.97. The third-order valence-electron chi connectivity index (χ3n) is 1.64. The van der Waals surface area contributed by atoms with E-state index in [1.165, 1.54) is 0 Å². The van der Waals surface area contributed by atoms with E-state index in [2.05, 4.69) is 0 Å². The predicted octanol–water partition coefficient (Wildman–Crippen LogP) is 1.22. The zero-order valence-corrected chi connectivity index (χ0v) is 7.43. The van der Waals surface area contributed by atoms with Crippen molar-refractivity contribution >= 4 is 5.97 Å². The fourth-order valence-electron chi connectivity index (χ4n) is 0.780. The van der Waals surface area contributed by atoms with Crippen molar-refractivity contribution in [3.05, 3.63) is 30.3 Å². The molecule has 0 saturated carbocycles. The van der Waals surface area contributed by atoms with Gasteiger partial charge in [-0.2, -0.15) is 0 Å². The first-order valence-corrected chi connectivity index (χ1v) is 4.11. The molecule has 0 amide bonds. The third kappa shape index (κ3) is 2.87. The molecule has 0 aromatic heterocycles. The van der Waals surface area contributed by atoms with E-state index < -0.39 is 11.9 Å². The Bertz CT molecular complexity index is 269. The van der Waals surface area contributed by atoms with Gasteiger partial charge in [-0.1, -0.05) is 18.2 Å². The minimum Gasteiger partial charge on any atom is -0.426 e. The van der Waals surface area contributed by atoms with Crippen LogP contribution in [0.15, 0.2) is 30.3 Å². The van der Waals surface area contributed by atoms with Gasteiger partial charge in [0.1, 0.15) is 5.75 Å². The lowest BCUT2D eigenvalue weighted by Crippen LogP contribution is -2.20. The Kier molecular flexibility index (Phi) is 3.46. The van der Waals surface area contributed by atoms with Gasteiger partial charge in [-0.05, 0) is 19.1 Å². The summed E-state index contributed by atoms with van der Waals surface area (Å²) in [6.45, 7) is 1.43. The van der Waals surface area contributed by atoms with E-state index in [-0.39, 0.29) is 6.61 Å². The van der Waals surface area contributed by atoms with Crippen molar-refractivity contribution in [2.75, 3.05) is 6.61 Å². The van der Waals surface area contributed by atoms with E-state index in [1.54, 1.807) is 31.2 Å². The number of esters is 1. The predicted molar refractivity (Wildman–Crippen MR) is 48.3 cm³/mol. The minimum absolute atomic E-state index is 0.189. The molecule has 0 aliphatic carbocycles. The smallest absolute Gasteiger partial charge is 0.316 e. The molecule has 0 aliphatic heterocycles. The van der Waals surface area contributed by atoms with Crippen molar-refractivity contribution in [2.45, 2.75) is 6.92 Å². The number of ether oxygens (including phenoxy) is 1. The third-order valence-corrected chi connectivity index (χ3v) is 1.64. The molecular formula is C10H12O3. The normalized spacial score (nSPS) is 12.2. The van der Waals surface area contributed by atoms with Crippen LogP contribution in [0.5, 0.6) is 5.75 Å². The molecule has 0 heterocycles. The number of hydrogen-bond acceptors (Lipinski definition) is 3. The van der Waals surface area contributed by atoms with Crippen molar-refractivity contribution in [3.63, 3.8) is 0 Å². The molecule has 13 heavy (non-hydrogen) atoms. The molecule has 0 radical (unpaired) electrons. The van der Waals surface area contributed by atoms with Gasteiger partial charge in [0.15, 0.2) is 0 Å². The number of carbonyl (C=O) groups is 1. The molecule has 1 rings (SSSR count). The van der Waals surface area contributed by atoms with Crippen LogP contribution in [-0.4, -0.2) is 17.7 Å². The van der Waals surface area contributed by atoms with Gasteiger partial charge in [-0.15, -0.1) is 0 Å². The summed E-state index contributed by atoms with van der Waals surface area (Å²) in [6, 6.07) is 8.80. The maximum atomic E-state index is 11.2. The van der Waals surface area contributed by atoms with Gasteiger partial charge in [0.25, 0.3) is 0 Å². The molecule has 1 aromatic rings. The highest BCUT2D eigenvalue weighted by Gasteiger charge is 2.13. The van der Waals surface area contributed by atoms with Crippen molar-refractivity contribution in [3.8, 4) is 5.75 Å². The zero-order chi connectivity index (χ0) is 9.68. The maximum Gasteiger partial charge on any atom is 0.316 e. The van der Waals surface area contributed by atoms with E-state index in [0.717, 1.165) is 0 Å². The van der Waals surface area contributed by atoms with Crippen LogP contribution < -0.4 is 4.74 Å². The van der Waals surface area contributed by atoms with Crippen LogP contribution in [0.25, 0.3) is 0 Å². The number of aliphatic hydroxyl groups excluding tert-OH is 1. The fraction of sp³-hybridized carbons (Fsp3) is 0.300. The Morgan fingerprint density at radius 3 is 2.62 bits per heavy atom. The molecule has 0 aliphatic rings. The Morgan fingerprint density at radius 2 is 2.08 bits per heavy atom. The van der Waals surface area contributed by atoms with Crippen molar-refractivity contribution in [2.24, 2.45) is 5.92 Å². The lowest BCUT2D eigenvalue weighted by atomic mass is 10.2. The van der Waals surface area contributed by atoms with Gasteiger partial charge in [0.2, 0.25) is 0 Å². The van der Waals surface area contributed by atoms with Gasteiger partial charge in [0, 0.05) is 0 Å². The lowest BCUT2D eigenvalue weighted by Gasteiger charge is -2.07. The van der Waals surface area contributed by atoms with Crippen molar-refractivity contribution < 1.29 is 14.6 Å². The Balaban J connectivity index is 2.55. The topological polar surface area (TPSA) is 46.5 Å². The number of carbonyl (C=O) groups excluding carboxylic acids is 1. The highest BCUT2D eigenvalue weighted by atomic mass is 16.5. The van der Waals surface area contributed by atoms with Gasteiger partial charge < -0.3 is 9.84 Å². The van der Waals surface area contributed by atoms with Crippen molar-refractivity contribution in [1.29, 1.82) is 0 Å². The van der Waals surface area contributed by atoms with Crippen LogP contribution in [-0.2, 0) is 4.79 Å². The highest BCUT2D eigenvalue weighted by molar-refractivity contribution is 5.74. The first kappa shape index (κ1) is 9.74. The second kappa shape index (κ2) is 4.62. The van der Waals surface area contributed by atoms with Crippen LogP contribution in [0.2, 0.25) is 0 Å². The van der Waals surface area contributed by atoms with E-state index in [0.29, 0.717) is 5.75 Å². The quantitative estimate of drug-likeness (QED) is 0.562. The highest BCUT2D eigenvalue weighted by Crippen LogP contribution is 2.10. The number of hydrogen-bond donors (Lipinski definition) is 1. The SMILES string of the molecule is CC(CO)C(=O)Oc1ccccc1. The molecule has 0 fully saturated rings. The number of aliphatic hydroxyl groups is 1. The number of para-hydroxylation sites is 1. The van der Waals surface area contributed by atoms with Crippen LogP contribution in [0, 0.1) is 5.92 Å². The second-order valence-corrected chi connectivity index (χ2v) is 2.82. The molecule has 3 nitrogen and oxygen atoms in total. The number of benzene rings is 1. The molecule has 0 bridgehead atoms. The van der Waals surface area contributed by atoms with Gasteiger partial charge in [-0.3, -0.25) is 4.79 Å². The summed E-state index contributed by atoms with van der Waals surface area (Å²) in [6.07, 6.45) is 0. The van der Waals surface area contributed by atoms with Crippen LogP contribution in [0.1, 0.15) is 6.92 Å². The molecule has 1 aromatic carbocycles. The molecule has 0 saturated heterocycles. The summed E-state index contributed by atoms with van der Waals surface area (Å²) in [5.74, 6) is -0.373. The first-order valence-electron chi connectivity index (χ1n) is 4.11. The van der Waals surface area contributed by atoms with E-state index in [4.69, 9.17) is 9.84 Å². The molecule has 0 spiro atoms. The average Bonchev–Trinajstić information content (AvgIpc) is 2.18. The molecule has 3 heteroatoms. The molecule has 70 valence electrons. The summed E-state index contributed by atoms with van der Waals surface area (Å²) in [4.78, 5) is 11.2. The Labute approximate surface area is 77.0 Å². The molecule has 1 unspecified atom stereocenters. The van der Waals surface area contributed by atoms with Gasteiger partial charge >= 0.3 is 5.97 Å². The van der Waals surface area contributed by atoms with Crippen LogP contribution >= 0.6 is 0 Å². The van der Waals surface area contributed by atoms with E-state index in [1.807, 2.05) is 6.07 Å². The maximum absolute atomic E-state index is 11.2. The monoisotopic (exact) mass is 180 g/mol. The second-order valence-electron chi connectivity index (χ2n) is 2.82. The molecule has 1 atom stereocenters. The largest absolute Gasteiger partial charge is 0.426 e. The summed E-state index contributed by atoms with van der Waals surface area (Å²) in [5, 5.41) is 8.68.